The van der Waals surface area contributed by atoms with Crippen LogP contribution in [0.4, 0.5) is 10.1 Å². The molecule has 1 fully saturated rings. The molecule has 0 radical (unpaired) electrons. The Labute approximate surface area is 176 Å². The molecule has 1 heterocycles. The molecule has 1 atom stereocenters. The van der Waals surface area contributed by atoms with E-state index in [4.69, 9.17) is 14.7 Å². The Balaban J connectivity index is 1.82. The Morgan fingerprint density at radius 3 is 2.77 bits per heavy atom. The molecule has 0 bridgehead atoms. The van der Waals surface area contributed by atoms with Gasteiger partial charge in [0.25, 0.3) is 0 Å². The van der Waals surface area contributed by atoms with Gasteiger partial charge >= 0.3 is 0 Å². The minimum Gasteiger partial charge on any atom is -0.497 e. The van der Waals surface area contributed by atoms with Crippen molar-refractivity contribution in [3.05, 3.63) is 53.8 Å². The van der Waals surface area contributed by atoms with Gasteiger partial charge in [0.15, 0.2) is 0 Å². The van der Waals surface area contributed by atoms with Crippen molar-refractivity contribution in [2.45, 2.75) is 25.3 Å². The number of nitrogens with zero attached hydrogens (tertiary/aromatic N) is 3. The molecule has 0 spiro atoms. The molecule has 6 nitrogen and oxygen atoms in total. The van der Waals surface area contributed by atoms with Crippen LogP contribution in [0.25, 0.3) is 0 Å². The van der Waals surface area contributed by atoms with Crippen LogP contribution in [0.15, 0.2) is 42.5 Å². The van der Waals surface area contributed by atoms with Crippen molar-refractivity contribution < 1.29 is 18.7 Å². The zero-order valence-electron chi connectivity index (χ0n) is 17.3. The lowest BCUT2D eigenvalue weighted by Crippen LogP contribution is -2.41. The average molecular weight is 411 g/mol. The minimum atomic E-state index is -0.474. The number of anilines is 1. The van der Waals surface area contributed by atoms with Crippen LogP contribution in [0.5, 0.6) is 11.5 Å². The van der Waals surface area contributed by atoms with Gasteiger partial charge in [-0.2, -0.15) is 5.26 Å². The molecule has 0 N–H and O–H groups in total. The van der Waals surface area contributed by atoms with Crippen molar-refractivity contribution in [2.75, 3.05) is 38.8 Å². The number of carbonyl (C=O) groups excluding carboxylic acids is 1. The number of hydrogen-bond acceptors (Lipinski definition) is 5. The molecule has 1 amide bonds. The number of nitriles is 1. The quantitative estimate of drug-likeness (QED) is 0.659. The summed E-state index contributed by atoms with van der Waals surface area (Å²) in [5, 5.41) is 8.97. The summed E-state index contributed by atoms with van der Waals surface area (Å²) in [5.74, 6) is 0.723. The second-order valence-corrected chi connectivity index (χ2v) is 7.14. The first-order valence-electron chi connectivity index (χ1n) is 9.96. The highest BCUT2D eigenvalue weighted by Gasteiger charge is 2.31. The lowest BCUT2D eigenvalue weighted by Gasteiger charge is -2.29. The highest BCUT2D eigenvalue weighted by atomic mass is 19.1. The standard InChI is InChI=1S/C23H26FN3O3/c1-29-17-10-11-18(22(15-17)30-2)20-9-5-13-26(20)16-23(28)27(14-6-12-25)21-8-4-3-7-19(21)24/h3-4,7-8,10-11,15,20H,5-6,9,13-14,16H2,1-2H3/t20-/m1/s1. The van der Waals surface area contributed by atoms with Crippen molar-refractivity contribution in [3.63, 3.8) is 0 Å². The van der Waals surface area contributed by atoms with Crippen LogP contribution in [-0.2, 0) is 4.79 Å². The van der Waals surface area contributed by atoms with Gasteiger partial charge in [0, 0.05) is 24.2 Å². The second-order valence-electron chi connectivity index (χ2n) is 7.14. The fourth-order valence-corrected chi connectivity index (χ4v) is 3.93. The molecule has 0 saturated carbocycles. The van der Waals surface area contributed by atoms with Crippen LogP contribution in [-0.4, -0.2) is 44.7 Å². The summed E-state index contributed by atoms with van der Waals surface area (Å²) in [4.78, 5) is 16.6. The van der Waals surface area contributed by atoms with Crippen LogP contribution in [0, 0.1) is 17.1 Å². The highest BCUT2D eigenvalue weighted by molar-refractivity contribution is 5.95. The van der Waals surface area contributed by atoms with Gasteiger partial charge < -0.3 is 14.4 Å². The van der Waals surface area contributed by atoms with Crippen LogP contribution in [0.1, 0.15) is 30.9 Å². The molecule has 2 aromatic carbocycles. The molecule has 158 valence electrons. The summed E-state index contributed by atoms with van der Waals surface area (Å²) in [5.41, 5.74) is 1.20. The average Bonchev–Trinajstić information content (AvgIpc) is 3.22. The van der Waals surface area contributed by atoms with E-state index < -0.39 is 5.82 Å². The van der Waals surface area contributed by atoms with Crippen LogP contribution in [0.3, 0.4) is 0 Å². The Morgan fingerprint density at radius 1 is 1.27 bits per heavy atom. The van der Waals surface area contributed by atoms with Crippen molar-refractivity contribution in [1.82, 2.24) is 4.90 Å². The molecule has 2 aromatic rings. The number of carbonyl (C=O) groups is 1. The summed E-state index contributed by atoms with van der Waals surface area (Å²) < 4.78 is 25.2. The summed E-state index contributed by atoms with van der Waals surface area (Å²) in [6, 6.07) is 13.9. The molecular weight excluding hydrogens is 385 g/mol. The maximum absolute atomic E-state index is 14.3. The number of halogens is 1. The van der Waals surface area contributed by atoms with Gasteiger partial charge in [-0.1, -0.05) is 18.2 Å². The molecule has 1 aliphatic heterocycles. The van der Waals surface area contributed by atoms with E-state index >= 15 is 0 Å². The maximum atomic E-state index is 14.3. The third-order valence-corrected chi connectivity index (χ3v) is 5.39. The summed E-state index contributed by atoms with van der Waals surface area (Å²) in [6.45, 7) is 1.05. The number of rotatable bonds is 8. The highest BCUT2D eigenvalue weighted by Crippen LogP contribution is 2.38. The molecule has 0 aromatic heterocycles. The van der Waals surface area contributed by atoms with E-state index in [0.717, 1.165) is 24.9 Å². The van der Waals surface area contributed by atoms with Crippen molar-refractivity contribution in [2.24, 2.45) is 0 Å². The van der Waals surface area contributed by atoms with Crippen molar-refractivity contribution in [1.29, 1.82) is 5.26 Å². The molecular formula is C23H26FN3O3. The van der Waals surface area contributed by atoms with Crippen LogP contribution in [0.2, 0.25) is 0 Å². The van der Waals surface area contributed by atoms with E-state index in [1.807, 2.05) is 24.3 Å². The van der Waals surface area contributed by atoms with E-state index in [1.54, 1.807) is 32.4 Å². The smallest absolute Gasteiger partial charge is 0.241 e. The fraction of sp³-hybridized carbons (Fsp3) is 0.391. The Kier molecular flexibility index (Phi) is 7.26. The number of methoxy groups -OCH3 is 2. The van der Waals surface area contributed by atoms with E-state index in [0.29, 0.717) is 11.5 Å². The van der Waals surface area contributed by atoms with E-state index in [-0.39, 0.29) is 37.1 Å². The molecule has 7 heteroatoms. The Morgan fingerprint density at radius 2 is 2.07 bits per heavy atom. The topological polar surface area (TPSA) is 65.8 Å². The number of benzene rings is 2. The third-order valence-electron chi connectivity index (χ3n) is 5.39. The van der Waals surface area contributed by atoms with Gasteiger partial charge in [0.1, 0.15) is 17.3 Å². The van der Waals surface area contributed by atoms with Crippen LogP contribution >= 0.6 is 0 Å². The second kappa shape index (κ2) is 10.1. The lowest BCUT2D eigenvalue weighted by atomic mass is 10.0. The van der Waals surface area contributed by atoms with Gasteiger partial charge in [-0.3, -0.25) is 9.69 Å². The summed E-state index contributed by atoms with van der Waals surface area (Å²) >= 11 is 0. The minimum absolute atomic E-state index is 0.0215. The van der Waals surface area contributed by atoms with E-state index in [9.17, 15) is 9.18 Å². The fourth-order valence-electron chi connectivity index (χ4n) is 3.93. The summed E-state index contributed by atoms with van der Waals surface area (Å²) in [6.07, 6.45) is 1.98. The van der Waals surface area contributed by atoms with Gasteiger partial charge in [-0.05, 0) is 37.6 Å². The predicted molar refractivity (Wildman–Crippen MR) is 112 cm³/mol. The number of ether oxygens (including phenoxy) is 2. The van der Waals surface area contributed by atoms with E-state index in [1.165, 1.54) is 11.0 Å². The molecule has 3 rings (SSSR count). The third kappa shape index (κ3) is 4.71. The molecule has 1 aliphatic rings. The molecule has 0 aliphatic carbocycles. The first-order chi connectivity index (χ1) is 14.6. The first-order valence-corrected chi connectivity index (χ1v) is 9.96. The maximum Gasteiger partial charge on any atom is 0.241 e. The predicted octanol–water partition coefficient (Wildman–Crippen LogP) is 3.93. The van der Waals surface area contributed by atoms with E-state index in [2.05, 4.69) is 4.90 Å². The number of hydrogen-bond donors (Lipinski definition) is 0. The van der Waals surface area contributed by atoms with Gasteiger partial charge in [0.2, 0.25) is 5.91 Å². The summed E-state index contributed by atoms with van der Waals surface area (Å²) in [7, 11) is 3.22. The molecule has 1 saturated heterocycles. The first kappa shape index (κ1) is 21.6. The van der Waals surface area contributed by atoms with Gasteiger partial charge in [-0.15, -0.1) is 0 Å². The molecule has 30 heavy (non-hydrogen) atoms. The monoisotopic (exact) mass is 411 g/mol. The zero-order valence-corrected chi connectivity index (χ0v) is 17.3. The molecule has 0 unspecified atom stereocenters. The normalized spacial score (nSPS) is 16.1. The van der Waals surface area contributed by atoms with Crippen LogP contribution < -0.4 is 14.4 Å². The van der Waals surface area contributed by atoms with Gasteiger partial charge in [0.05, 0.1) is 38.9 Å². The number of likely N-dealkylation sites (tertiary alicyclic amines) is 1. The number of amides is 1. The number of para-hydroxylation sites is 1. The SMILES string of the molecule is COc1ccc([C@H]2CCCN2CC(=O)N(CCC#N)c2ccccc2F)c(OC)c1. The largest absolute Gasteiger partial charge is 0.497 e. The zero-order chi connectivity index (χ0) is 21.5. The lowest BCUT2D eigenvalue weighted by molar-refractivity contribution is -0.120. The van der Waals surface area contributed by atoms with Crippen molar-refractivity contribution >= 4 is 11.6 Å². The Hall–Kier alpha value is -3.11. The van der Waals surface area contributed by atoms with Crippen molar-refractivity contribution in [3.8, 4) is 17.6 Å². The van der Waals surface area contributed by atoms with Gasteiger partial charge in [-0.25, -0.2) is 4.39 Å². The Bertz CT molecular complexity index is 928.